The number of hydrogen-bond donors (Lipinski definition) is 0. The normalized spacial score (nSPS) is 16.4. The lowest BCUT2D eigenvalue weighted by Gasteiger charge is -2.19. The van der Waals surface area contributed by atoms with Crippen molar-refractivity contribution in [1.29, 1.82) is 0 Å². The van der Waals surface area contributed by atoms with E-state index >= 15 is 0 Å². The summed E-state index contributed by atoms with van der Waals surface area (Å²) in [6.45, 7) is 17.4. The molecule has 1 aliphatic carbocycles. The van der Waals surface area contributed by atoms with Crippen molar-refractivity contribution in [3.05, 3.63) is 307 Å². The Kier molecular flexibility index (Phi) is 17.8. The number of pyridine rings is 4. The maximum Gasteiger partial charge on any atom is 0.212 e. The fourth-order valence-corrected chi connectivity index (χ4v) is 14.2. The summed E-state index contributed by atoms with van der Waals surface area (Å²) in [4.78, 5) is 0. The number of nitrogens with zero attached hydrogens (tertiary/aromatic N) is 4. The molecule has 0 amide bonds. The van der Waals surface area contributed by atoms with Gasteiger partial charge < -0.3 is 0 Å². The maximum absolute atomic E-state index is 8.94. The Balaban J connectivity index is 0.000000177. The molecule has 0 radical (unpaired) electrons. The van der Waals surface area contributed by atoms with E-state index in [1.165, 1.54) is 0 Å². The van der Waals surface area contributed by atoms with Crippen LogP contribution < -0.4 is 18.3 Å². The lowest BCUT2D eigenvalue weighted by molar-refractivity contribution is -0.661. The van der Waals surface area contributed by atoms with E-state index in [4.69, 9.17) is 28.8 Å². The summed E-state index contributed by atoms with van der Waals surface area (Å²) in [5, 5.41) is 0. The van der Waals surface area contributed by atoms with Crippen LogP contribution in [0.2, 0.25) is 0 Å². The highest BCUT2D eigenvalue weighted by Crippen LogP contribution is 2.40. The molecule has 546 valence electrons. The second kappa shape index (κ2) is 34.3. The third kappa shape index (κ3) is 18.9. The zero-order valence-corrected chi connectivity index (χ0v) is 65.9. The molecule has 0 bridgehead atoms. The molecule has 0 N–H and O–H groups in total. The fraction of sp³-hybridized carbons (Fsp3) is 0.333. The van der Waals surface area contributed by atoms with Crippen molar-refractivity contribution < 1.29 is 47.1 Å². The minimum Gasteiger partial charge on any atom is -0.201 e. The van der Waals surface area contributed by atoms with Crippen molar-refractivity contribution >= 4 is 0 Å². The topological polar surface area (TPSA) is 15.5 Å². The SMILES string of the molecule is [2H]C([2H])([2H])c1c[n+](C)c(-c2cc(-c3ccc(C([2H])(C)C)cc3)c(C([2H])([2H])[2H])cc2C)cc1C.[2H]C([2H])([2H])c1cc(C)c(-c2cc(C)c(C([2H])([2H])C(C)(C)C)c[n+]2C)cc1-c1ccccc1.[2H]C([2H])([2H])c1cc(C)c(-c2cc(C)c(C([2H])([2H])C(C)C)c[n+]2C)cc1-c1ccccc1.[2H]C([2H])([2H])c1cc(C)c(-c2cc(C)c(C3([2H])CCCC3)c[n+]2C)cc1-c1ccccc1. The molecule has 1 fully saturated rings. The van der Waals surface area contributed by atoms with Gasteiger partial charge in [-0.2, -0.15) is 0 Å². The van der Waals surface area contributed by atoms with Crippen LogP contribution >= 0.6 is 0 Å². The predicted molar refractivity (Wildman–Crippen MR) is 453 cm³/mol. The van der Waals surface area contributed by atoms with E-state index < -0.39 is 64.2 Å². The van der Waals surface area contributed by atoms with Crippen molar-refractivity contribution in [2.24, 2.45) is 39.5 Å². The third-order valence-corrected chi connectivity index (χ3v) is 20.1. The zero-order valence-electron chi connectivity index (χ0n) is 86.9. The number of rotatable bonds is 13. The van der Waals surface area contributed by atoms with Crippen molar-refractivity contribution in [1.82, 2.24) is 0 Å². The van der Waals surface area contributed by atoms with Gasteiger partial charge in [-0.25, -0.2) is 18.3 Å². The van der Waals surface area contributed by atoms with Gasteiger partial charge in [0.1, 0.15) is 28.2 Å². The van der Waals surface area contributed by atoms with Crippen LogP contribution in [0, 0.1) is 101 Å². The Labute approximate surface area is 669 Å². The second-order valence-corrected chi connectivity index (χ2v) is 30.5. The molecule has 0 unspecified atom stereocenters. The smallest absolute Gasteiger partial charge is 0.201 e. The quantitative estimate of drug-likeness (QED) is 0.102. The van der Waals surface area contributed by atoms with E-state index in [9.17, 15) is 0 Å². The van der Waals surface area contributed by atoms with Crippen LogP contribution in [0.4, 0.5) is 0 Å². The van der Waals surface area contributed by atoms with Crippen LogP contribution in [0.1, 0.15) is 209 Å². The molecular formula is C102H122N4+4. The molecule has 4 aromatic heterocycles. The highest BCUT2D eigenvalue weighted by molar-refractivity contribution is 5.80. The minimum atomic E-state index is -2.30. The molecule has 4 heteroatoms. The van der Waals surface area contributed by atoms with Crippen molar-refractivity contribution in [2.45, 2.75) is 188 Å². The molecule has 0 saturated heterocycles. The van der Waals surface area contributed by atoms with E-state index in [2.05, 4.69) is 23.8 Å². The van der Waals surface area contributed by atoms with Crippen LogP contribution in [0.25, 0.3) is 89.5 Å². The summed E-state index contributed by atoms with van der Waals surface area (Å²) >= 11 is 0. The Hall–Kier alpha value is -9.64. The summed E-state index contributed by atoms with van der Waals surface area (Å²) in [6, 6.07) is 59.2. The number of hydrogen-bond acceptors (Lipinski definition) is 0. The molecule has 0 aliphatic heterocycles. The fourth-order valence-electron chi connectivity index (χ4n) is 14.2. The average Bonchev–Trinajstić information content (AvgIpc) is 1.46. The first-order valence-corrected chi connectivity index (χ1v) is 37.0. The minimum absolute atomic E-state index is 0.151. The van der Waals surface area contributed by atoms with Gasteiger partial charge in [-0.05, 0) is 279 Å². The Morgan fingerprint density at radius 1 is 0.368 bits per heavy atom. The molecule has 8 aromatic carbocycles. The zero-order chi connectivity index (χ0) is 94.5. The molecule has 4 heterocycles. The van der Waals surface area contributed by atoms with Crippen molar-refractivity contribution in [3.63, 3.8) is 0 Å². The van der Waals surface area contributed by atoms with Gasteiger partial charge in [-0.15, -0.1) is 0 Å². The highest BCUT2D eigenvalue weighted by atomic mass is 14.9. The lowest BCUT2D eigenvalue weighted by atomic mass is 9.86. The maximum atomic E-state index is 8.94. The lowest BCUT2D eigenvalue weighted by Crippen LogP contribution is -2.32. The largest absolute Gasteiger partial charge is 0.212 e. The predicted octanol–water partition coefficient (Wildman–Crippen LogP) is 25.0. The molecule has 1 saturated carbocycles. The monoisotopic (exact) mass is 1420 g/mol. The third-order valence-electron chi connectivity index (χ3n) is 20.1. The van der Waals surface area contributed by atoms with E-state index in [1.54, 1.807) is 42.9 Å². The van der Waals surface area contributed by atoms with Crippen LogP contribution in [0.5, 0.6) is 0 Å². The van der Waals surface area contributed by atoms with Crippen LogP contribution in [0.15, 0.2) is 213 Å². The van der Waals surface area contributed by atoms with Crippen molar-refractivity contribution in [3.8, 4) is 89.5 Å². The summed E-state index contributed by atoms with van der Waals surface area (Å²) < 4.78 is 179. The standard InChI is InChI=1S/C26H30N.C26H32N.2C25H30N/c1-18-14-19(2)24(16-23(18)21-10-6-5-7-11-21)26-15-20(3)25(17-27(26)4)22-12-8-9-13-22;1-18-14-25(27(7)17-22(18)16-26(4,5)6)24-15-23(19(2)13-20(24)3)21-11-9-8-10-12-21;1-16(2)21-8-10-22(11-9-21)23-14-24(19(5)12-18(23)4)25-13-17(3)20(6)15-26(25)7;1-17(2)12-22-16-26(6)25(14-18(22)3)24-15-23(19(4)13-20(24)5)21-10-8-7-9-11-21/h5-7,10-11,14-17,22H,8-9,12-13H2,1-4H3;8-15,17H,16H2,1-7H3;8-16H,1-7H3;7-11,13-17H,12H2,1-6H3/q4*+1/i1D3,22D;2D3,16D2;4D3,6D3,16D;4D3,12D2. The van der Waals surface area contributed by atoms with Crippen LogP contribution in [0.3, 0.4) is 0 Å². The summed E-state index contributed by atoms with van der Waals surface area (Å²) in [7, 11) is 7.64. The van der Waals surface area contributed by atoms with Gasteiger partial charge in [0.2, 0.25) is 22.8 Å². The number of aromatic nitrogens is 4. The number of benzene rings is 8. The first kappa shape index (κ1) is 54.9. The first-order chi connectivity index (χ1) is 58.6. The van der Waals surface area contributed by atoms with Crippen molar-refractivity contribution in [2.75, 3.05) is 0 Å². The van der Waals surface area contributed by atoms with E-state index in [0.29, 0.717) is 55.6 Å². The molecule has 0 atom stereocenters. The summed E-state index contributed by atoms with van der Waals surface area (Å²) in [5.41, 5.74) is 24.9. The first-order valence-electron chi connectivity index (χ1n) is 47.5. The van der Waals surface area contributed by atoms with Gasteiger partial charge in [0.05, 0.1) is 0 Å². The molecule has 1 aliphatic rings. The van der Waals surface area contributed by atoms with E-state index in [1.807, 2.05) is 296 Å². The van der Waals surface area contributed by atoms with Gasteiger partial charge in [-0.3, -0.25) is 0 Å². The van der Waals surface area contributed by atoms with Gasteiger partial charge in [-0.1, -0.05) is 201 Å². The van der Waals surface area contributed by atoms with Gasteiger partial charge >= 0.3 is 0 Å². The average molecular weight is 1430 g/mol. The molecule has 12 aromatic rings. The van der Waals surface area contributed by atoms with Crippen LogP contribution in [-0.4, -0.2) is 0 Å². The number of aryl methyl sites for hydroxylation is 17. The summed E-state index contributed by atoms with van der Waals surface area (Å²) in [5.74, 6) is -1.39. The molecule has 0 spiro atoms. The second-order valence-electron chi connectivity index (χ2n) is 30.5. The summed E-state index contributed by atoms with van der Waals surface area (Å²) in [6.07, 6.45) is 8.60. The van der Waals surface area contributed by atoms with Gasteiger partial charge in [0, 0.05) is 97.6 Å². The van der Waals surface area contributed by atoms with E-state index in [0.717, 1.165) is 149 Å². The molecular weight excluding hydrogens is 1280 g/mol. The highest BCUT2D eigenvalue weighted by Gasteiger charge is 2.27. The molecule has 106 heavy (non-hydrogen) atoms. The molecule has 13 rings (SSSR count). The Bertz CT molecular complexity index is 5840. The van der Waals surface area contributed by atoms with Gasteiger partial charge in [0.15, 0.2) is 24.8 Å². The van der Waals surface area contributed by atoms with Gasteiger partial charge in [0.25, 0.3) is 0 Å². The Morgan fingerprint density at radius 2 is 0.698 bits per heavy atom. The van der Waals surface area contributed by atoms with Crippen LogP contribution in [-0.2, 0) is 40.9 Å². The Morgan fingerprint density at radius 3 is 1.06 bits per heavy atom. The molecule has 4 nitrogen and oxygen atoms in total. The van der Waals surface area contributed by atoms with E-state index in [-0.39, 0.29) is 11.5 Å².